The van der Waals surface area contributed by atoms with Gasteiger partial charge in [-0.3, -0.25) is 9.78 Å². The first-order valence-corrected chi connectivity index (χ1v) is 9.72. The number of aromatic nitrogens is 3. The van der Waals surface area contributed by atoms with Crippen molar-refractivity contribution < 1.29 is 19.4 Å². The Labute approximate surface area is 175 Å². The van der Waals surface area contributed by atoms with Gasteiger partial charge in [-0.1, -0.05) is 18.2 Å². The molecule has 0 saturated carbocycles. The maximum Gasteiger partial charge on any atom is 0.290 e. The minimum Gasteiger partial charge on any atom is -0.487 e. The summed E-state index contributed by atoms with van der Waals surface area (Å²) in [7, 11) is 2.13. The van der Waals surface area contributed by atoms with Crippen molar-refractivity contribution in [3.63, 3.8) is 0 Å². The molecule has 30 heavy (non-hydrogen) atoms. The van der Waals surface area contributed by atoms with Crippen molar-refractivity contribution in [1.82, 2.24) is 19.4 Å². The van der Waals surface area contributed by atoms with Crippen LogP contribution in [0.15, 0.2) is 61.1 Å². The van der Waals surface area contributed by atoms with Crippen molar-refractivity contribution in [1.29, 1.82) is 0 Å². The van der Waals surface area contributed by atoms with Crippen molar-refractivity contribution in [3.05, 3.63) is 66.7 Å². The van der Waals surface area contributed by atoms with E-state index in [-0.39, 0.29) is 12.6 Å². The molecule has 8 heteroatoms. The summed E-state index contributed by atoms with van der Waals surface area (Å²) in [6, 6.07) is 13.8. The third-order valence-electron chi connectivity index (χ3n) is 4.66. The SMILES string of the molecule is CN1CCOC(Cn2ccnc2-c2cccc(OCc3ccccn3)c2)C1.O=CO. The largest absolute Gasteiger partial charge is 0.487 e. The molecule has 0 bridgehead atoms. The molecular weight excluding hydrogens is 384 g/mol. The van der Waals surface area contributed by atoms with Gasteiger partial charge >= 0.3 is 0 Å². The molecule has 1 aromatic carbocycles. The molecule has 0 aliphatic carbocycles. The number of carbonyl (C=O) groups is 1. The Morgan fingerprint density at radius 1 is 1.23 bits per heavy atom. The first kappa shape index (κ1) is 21.5. The van der Waals surface area contributed by atoms with Crippen LogP contribution in [0.3, 0.4) is 0 Å². The number of hydrogen-bond acceptors (Lipinski definition) is 6. The zero-order valence-electron chi connectivity index (χ0n) is 16.9. The van der Waals surface area contributed by atoms with E-state index < -0.39 is 0 Å². The molecule has 1 aliphatic heterocycles. The molecule has 1 fully saturated rings. The molecule has 1 atom stereocenters. The van der Waals surface area contributed by atoms with Crippen LogP contribution in [0.25, 0.3) is 11.4 Å². The standard InChI is InChI=1S/C21H24N4O2.CH2O2/c1-24-11-12-26-20(14-24)15-25-10-9-23-21(25)17-5-4-7-19(13-17)27-16-18-6-2-3-8-22-18;2-1-3/h2-10,13,20H,11-12,14-16H2,1H3;1H,(H,2,3). The fourth-order valence-corrected chi connectivity index (χ4v) is 3.28. The monoisotopic (exact) mass is 410 g/mol. The van der Waals surface area contributed by atoms with Crippen LogP contribution in [0.5, 0.6) is 5.75 Å². The third-order valence-corrected chi connectivity index (χ3v) is 4.66. The van der Waals surface area contributed by atoms with Crippen LogP contribution in [0, 0.1) is 0 Å². The maximum absolute atomic E-state index is 8.36. The highest BCUT2D eigenvalue weighted by Crippen LogP contribution is 2.24. The van der Waals surface area contributed by atoms with Gasteiger partial charge < -0.3 is 24.0 Å². The minimum absolute atomic E-state index is 0.181. The zero-order chi connectivity index (χ0) is 21.2. The van der Waals surface area contributed by atoms with Gasteiger partial charge in [0.15, 0.2) is 0 Å². The molecule has 2 aromatic heterocycles. The lowest BCUT2D eigenvalue weighted by Crippen LogP contribution is -2.41. The highest BCUT2D eigenvalue weighted by Gasteiger charge is 2.19. The molecule has 1 unspecified atom stereocenters. The molecule has 0 amide bonds. The van der Waals surface area contributed by atoms with Gasteiger partial charge in [0.25, 0.3) is 6.47 Å². The second-order valence-electron chi connectivity index (χ2n) is 6.90. The number of hydrogen-bond donors (Lipinski definition) is 1. The first-order valence-electron chi connectivity index (χ1n) is 9.72. The van der Waals surface area contributed by atoms with Crippen LogP contribution < -0.4 is 4.74 Å². The van der Waals surface area contributed by atoms with Gasteiger partial charge in [-0.15, -0.1) is 0 Å². The van der Waals surface area contributed by atoms with Gasteiger partial charge in [0.2, 0.25) is 0 Å². The highest BCUT2D eigenvalue weighted by molar-refractivity contribution is 5.58. The number of pyridine rings is 1. The summed E-state index contributed by atoms with van der Waals surface area (Å²) in [5, 5.41) is 6.89. The number of benzene rings is 1. The highest BCUT2D eigenvalue weighted by atomic mass is 16.5. The molecule has 3 heterocycles. The molecule has 4 rings (SSSR count). The fraction of sp³-hybridized carbons (Fsp3) is 0.318. The summed E-state index contributed by atoms with van der Waals surface area (Å²) in [5.74, 6) is 1.73. The van der Waals surface area contributed by atoms with E-state index in [0.29, 0.717) is 6.61 Å². The number of likely N-dealkylation sites (N-methyl/N-ethyl adjacent to an activating group) is 1. The van der Waals surface area contributed by atoms with Gasteiger partial charge in [-0.2, -0.15) is 0 Å². The molecule has 158 valence electrons. The average molecular weight is 410 g/mol. The number of morpholine rings is 1. The Morgan fingerprint density at radius 2 is 2.10 bits per heavy atom. The number of imidazole rings is 1. The fourth-order valence-electron chi connectivity index (χ4n) is 3.28. The lowest BCUT2D eigenvalue weighted by atomic mass is 10.2. The molecule has 1 aliphatic rings. The zero-order valence-corrected chi connectivity index (χ0v) is 16.9. The van der Waals surface area contributed by atoms with Crippen LogP contribution in [-0.4, -0.2) is 63.9 Å². The summed E-state index contributed by atoms with van der Waals surface area (Å²) >= 11 is 0. The normalized spacial score (nSPS) is 16.4. The Balaban J connectivity index is 0.000000806. The predicted octanol–water partition coefficient (Wildman–Crippen LogP) is 2.56. The van der Waals surface area contributed by atoms with Gasteiger partial charge in [-0.05, 0) is 31.3 Å². The van der Waals surface area contributed by atoms with Crippen molar-refractivity contribution in [3.8, 4) is 17.1 Å². The van der Waals surface area contributed by atoms with Crippen molar-refractivity contribution in [2.75, 3.05) is 26.7 Å². The van der Waals surface area contributed by atoms with E-state index in [9.17, 15) is 0 Å². The van der Waals surface area contributed by atoms with Crippen LogP contribution in [-0.2, 0) is 22.7 Å². The summed E-state index contributed by atoms with van der Waals surface area (Å²) in [6.07, 6.45) is 5.80. The first-order chi connectivity index (χ1) is 14.7. The number of carboxylic acid groups (broad SMARTS) is 1. The van der Waals surface area contributed by atoms with Gasteiger partial charge in [0.1, 0.15) is 18.2 Å². The summed E-state index contributed by atoms with van der Waals surface area (Å²) in [4.78, 5) is 19.5. The van der Waals surface area contributed by atoms with E-state index in [4.69, 9.17) is 19.4 Å². The third kappa shape index (κ3) is 6.13. The van der Waals surface area contributed by atoms with Crippen LogP contribution >= 0.6 is 0 Å². The second kappa shape index (κ2) is 11.1. The Morgan fingerprint density at radius 3 is 2.87 bits per heavy atom. The van der Waals surface area contributed by atoms with Gasteiger partial charge in [-0.25, -0.2) is 4.98 Å². The van der Waals surface area contributed by atoms with Crippen molar-refractivity contribution in [2.24, 2.45) is 0 Å². The van der Waals surface area contributed by atoms with E-state index >= 15 is 0 Å². The van der Waals surface area contributed by atoms with E-state index in [1.54, 1.807) is 6.20 Å². The molecule has 1 saturated heterocycles. The minimum atomic E-state index is -0.250. The van der Waals surface area contributed by atoms with Crippen molar-refractivity contribution >= 4 is 6.47 Å². The quantitative estimate of drug-likeness (QED) is 0.625. The second-order valence-corrected chi connectivity index (χ2v) is 6.90. The molecule has 0 radical (unpaired) electrons. The molecule has 3 aromatic rings. The molecule has 0 spiro atoms. The molecule has 1 N–H and O–H groups in total. The van der Waals surface area contributed by atoms with Gasteiger partial charge in [0.05, 0.1) is 24.9 Å². The predicted molar refractivity (Wildman–Crippen MR) is 112 cm³/mol. The Kier molecular flexibility index (Phi) is 7.94. The average Bonchev–Trinajstić information content (AvgIpc) is 3.22. The Hall–Kier alpha value is -3.23. The maximum atomic E-state index is 8.36. The van der Waals surface area contributed by atoms with Crippen molar-refractivity contribution in [2.45, 2.75) is 19.3 Å². The number of rotatable bonds is 6. The van der Waals surface area contributed by atoms with Gasteiger partial charge in [0, 0.05) is 37.2 Å². The Bertz CT molecular complexity index is 916. The number of nitrogens with zero attached hydrogens (tertiary/aromatic N) is 4. The van der Waals surface area contributed by atoms with Crippen LogP contribution in [0.2, 0.25) is 0 Å². The van der Waals surface area contributed by atoms with E-state index in [1.807, 2.05) is 48.8 Å². The molecular formula is C22H26N4O4. The van der Waals surface area contributed by atoms with Crippen LogP contribution in [0.4, 0.5) is 0 Å². The smallest absolute Gasteiger partial charge is 0.290 e. The van der Waals surface area contributed by atoms with E-state index in [0.717, 1.165) is 49.1 Å². The van der Waals surface area contributed by atoms with E-state index in [2.05, 4.69) is 32.5 Å². The molecule has 8 nitrogen and oxygen atoms in total. The summed E-state index contributed by atoms with van der Waals surface area (Å²) in [6.45, 7) is 3.69. The number of ether oxygens (including phenoxy) is 2. The summed E-state index contributed by atoms with van der Waals surface area (Å²) < 4.78 is 14.0. The lowest BCUT2D eigenvalue weighted by Gasteiger charge is -2.30. The lowest BCUT2D eigenvalue weighted by molar-refractivity contribution is -0.122. The van der Waals surface area contributed by atoms with E-state index in [1.165, 1.54) is 0 Å². The topological polar surface area (TPSA) is 89.7 Å². The summed E-state index contributed by atoms with van der Waals surface area (Å²) in [5.41, 5.74) is 1.94. The van der Waals surface area contributed by atoms with Crippen LogP contribution in [0.1, 0.15) is 5.69 Å².